The van der Waals surface area contributed by atoms with E-state index in [4.69, 9.17) is 9.47 Å². The van der Waals surface area contributed by atoms with Crippen LogP contribution in [0.15, 0.2) is 66.9 Å². The second-order valence-electron chi connectivity index (χ2n) is 6.81. The predicted octanol–water partition coefficient (Wildman–Crippen LogP) is 3.73. The molecule has 33 heavy (non-hydrogen) atoms. The fourth-order valence-electron chi connectivity index (χ4n) is 2.83. The molecule has 3 amide bonds. The zero-order valence-corrected chi connectivity index (χ0v) is 18.3. The Bertz CT molecular complexity index is 1130. The van der Waals surface area contributed by atoms with Gasteiger partial charge in [0.05, 0.1) is 12.2 Å². The molecule has 3 N–H and O–H groups in total. The Hall–Kier alpha value is -4.40. The lowest BCUT2D eigenvalue weighted by Gasteiger charge is -2.10. The number of aromatic nitrogens is 1. The van der Waals surface area contributed by atoms with Gasteiger partial charge >= 0.3 is 12.0 Å². The lowest BCUT2D eigenvalue weighted by atomic mass is 10.2. The number of rotatable bonds is 8. The normalized spacial score (nSPS) is 10.1. The SMILES string of the molecule is CCOC(=O)c1cccc(NC(=O)NCc2ccc(Oc3ccnc(C(=O)NC)c3)cc2)c1. The van der Waals surface area contributed by atoms with Crippen LogP contribution < -0.4 is 20.7 Å². The van der Waals surface area contributed by atoms with Gasteiger partial charge < -0.3 is 25.4 Å². The molecular formula is C24H24N4O5. The third-order valence-corrected chi connectivity index (χ3v) is 4.43. The summed E-state index contributed by atoms with van der Waals surface area (Å²) in [5, 5.41) is 7.96. The molecule has 3 rings (SSSR count). The summed E-state index contributed by atoms with van der Waals surface area (Å²) in [4.78, 5) is 39.7. The number of hydrogen-bond donors (Lipinski definition) is 3. The quantitative estimate of drug-likeness (QED) is 0.452. The second kappa shape index (κ2) is 11.3. The molecule has 9 nitrogen and oxygen atoms in total. The maximum atomic E-state index is 12.2. The van der Waals surface area contributed by atoms with Gasteiger partial charge in [0.2, 0.25) is 0 Å². The first-order chi connectivity index (χ1) is 16.0. The van der Waals surface area contributed by atoms with Crippen molar-refractivity contribution in [2.45, 2.75) is 13.5 Å². The highest BCUT2D eigenvalue weighted by atomic mass is 16.5. The average molecular weight is 448 g/mol. The van der Waals surface area contributed by atoms with Gasteiger partial charge in [0, 0.05) is 31.5 Å². The van der Waals surface area contributed by atoms with Crippen molar-refractivity contribution in [1.29, 1.82) is 0 Å². The summed E-state index contributed by atoms with van der Waals surface area (Å²) in [6.07, 6.45) is 1.50. The van der Waals surface area contributed by atoms with E-state index < -0.39 is 12.0 Å². The van der Waals surface area contributed by atoms with Crippen LogP contribution in [0.4, 0.5) is 10.5 Å². The van der Waals surface area contributed by atoms with Crippen molar-refractivity contribution in [3.8, 4) is 11.5 Å². The topological polar surface area (TPSA) is 119 Å². The Kier molecular flexibility index (Phi) is 7.96. The van der Waals surface area contributed by atoms with Crippen molar-refractivity contribution in [3.05, 3.63) is 83.7 Å². The fraction of sp³-hybridized carbons (Fsp3) is 0.167. The number of amides is 3. The Morgan fingerprint density at radius 3 is 2.48 bits per heavy atom. The van der Waals surface area contributed by atoms with E-state index in [1.807, 2.05) is 12.1 Å². The third-order valence-electron chi connectivity index (χ3n) is 4.43. The molecule has 0 bridgehead atoms. The van der Waals surface area contributed by atoms with Gasteiger partial charge in [-0.05, 0) is 48.9 Å². The monoisotopic (exact) mass is 448 g/mol. The van der Waals surface area contributed by atoms with Gasteiger partial charge in [-0.3, -0.25) is 9.78 Å². The highest BCUT2D eigenvalue weighted by Gasteiger charge is 2.09. The molecule has 2 aromatic carbocycles. The number of nitrogens with one attached hydrogen (secondary N) is 3. The first-order valence-corrected chi connectivity index (χ1v) is 10.3. The Balaban J connectivity index is 1.52. The van der Waals surface area contributed by atoms with Crippen LogP contribution in [-0.4, -0.2) is 36.5 Å². The Morgan fingerprint density at radius 2 is 1.76 bits per heavy atom. The summed E-state index contributed by atoms with van der Waals surface area (Å²) >= 11 is 0. The van der Waals surface area contributed by atoms with Crippen LogP contribution in [0.25, 0.3) is 0 Å². The van der Waals surface area contributed by atoms with Crippen LogP contribution in [0.5, 0.6) is 11.5 Å². The molecule has 1 heterocycles. The summed E-state index contributed by atoms with van der Waals surface area (Å²) in [5.74, 6) is 0.320. The van der Waals surface area contributed by atoms with Crippen molar-refractivity contribution in [2.24, 2.45) is 0 Å². The summed E-state index contributed by atoms with van der Waals surface area (Å²) in [5.41, 5.74) is 1.96. The molecular weight excluding hydrogens is 424 g/mol. The largest absolute Gasteiger partial charge is 0.462 e. The van der Waals surface area contributed by atoms with Crippen molar-refractivity contribution < 1.29 is 23.9 Å². The van der Waals surface area contributed by atoms with Gasteiger partial charge in [0.25, 0.3) is 5.91 Å². The number of urea groups is 1. The first kappa shape index (κ1) is 23.3. The van der Waals surface area contributed by atoms with Crippen molar-refractivity contribution >= 4 is 23.6 Å². The molecule has 1 aromatic heterocycles. The van der Waals surface area contributed by atoms with Gasteiger partial charge in [-0.25, -0.2) is 9.59 Å². The van der Waals surface area contributed by atoms with Gasteiger partial charge in [0.15, 0.2) is 0 Å². The van der Waals surface area contributed by atoms with Crippen LogP contribution in [-0.2, 0) is 11.3 Å². The number of carbonyl (C=O) groups excluding carboxylic acids is 3. The van der Waals surface area contributed by atoms with Crippen molar-refractivity contribution in [2.75, 3.05) is 19.0 Å². The second-order valence-corrected chi connectivity index (χ2v) is 6.81. The van der Waals surface area contributed by atoms with Crippen LogP contribution >= 0.6 is 0 Å². The van der Waals surface area contributed by atoms with Crippen molar-refractivity contribution in [3.63, 3.8) is 0 Å². The number of ether oxygens (including phenoxy) is 2. The standard InChI is InChI=1S/C24H24N4O5/c1-3-32-23(30)17-5-4-6-18(13-17)28-24(31)27-15-16-7-9-19(10-8-16)33-20-11-12-26-21(14-20)22(29)25-2/h4-14H,3,15H2,1-2H3,(H,25,29)(H2,27,28,31). The lowest BCUT2D eigenvalue weighted by Crippen LogP contribution is -2.28. The maximum absolute atomic E-state index is 12.2. The Labute approximate surface area is 191 Å². The zero-order chi connectivity index (χ0) is 23.6. The van der Waals surface area contributed by atoms with Gasteiger partial charge in [-0.15, -0.1) is 0 Å². The minimum Gasteiger partial charge on any atom is -0.462 e. The number of benzene rings is 2. The van der Waals surface area contributed by atoms with Crippen LogP contribution in [0.2, 0.25) is 0 Å². The average Bonchev–Trinajstić information content (AvgIpc) is 2.83. The van der Waals surface area contributed by atoms with Crippen molar-refractivity contribution in [1.82, 2.24) is 15.6 Å². The number of hydrogen-bond acceptors (Lipinski definition) is 6. The van der Waals surface area contributed by atoms with E-state index in [0.29, 0.717) is 29.3 Å². The minimum absolute atomic E-state index is 0.259. The maximum Gasteiger partial charge on any atom is 0.338 e. The molecule has 9 heteroatoms. The molecule has 0 aliphatic heterocycles. The highest BCUT2D eigenvalue weighted by Crippen LogP contribution is 2.22. The molecule has 0 unspecified atom stereocenters. The summed E-state index contributed by atoms with van der Waals surface area (Å²) in [7, 11) is 1.53. The zero-order valence-electron chi connectivity index (χ0n) is 18.3. The fourth-order valence-corrected chi connectivity index (χ4v) is 2.83. The van der Waals surface area contributed by atoms with E-state index in [1.54, 1.807) is 55.5 Å². The van der Waals surface area contributed by atoms with E-state index in [-0.39, 0.29) is 18.2 Å². The Morgan fingerprint density at radius 1 is 0.970 bits per heavy atom. The molecule has 0 atom stereocenters. The third kappa shape index (κ3) is 6.79. The number of anilines is 1. The van der Waals surface area contributed by atoms with E-state index in [2.05, 4.69) is 20.9 Å². The number of nitrogens with zero attached hydrogens (tertiary/aromatic N) is 1. The molecule has 3 aromatic rings. The molecule has 0 radical (unpaired) electrons. The van der Waals surface area contributed by atoms with Gasteiger partial charge in [-0.2, -0.15) is 0 Å². The first-order valence-electron chi connectivity index (χ1n) is 10.3. The van der Waals surface area contributed by atoms with Gasteiger partial charge in [-0.1, -0.05) is 18.2 Å². The van der Waals surface area contributed by atoms with Crippen LogP contribution in [0.3, 0.4) is 0 Å². The highest BCUT2D eigenvalue weighted by molar-refractivity contribution is 5.94. The molecule has 0 aliphatic carbocycles. The minimum atomic E-state index is -0.444. The molecule has 0 spiro atoms. The summed E-state index contributed by atoms with van der Waals surface area (Å²) < 4.78 is 10.7. The molecule has 0 aliphatic rings. The van der Waals surface area contributed by atoms with E-state index in [0.717, 1.165) is 5.56 Å². The summed E-state index contributed by atoms with van der Waals surface area (Å²) in [6, 6.07) is 16.5. The van der Waals surface area contributed by atoms with E-state index in [1.165, 1.54) is 13.2 Å². The summed E-state index contributed by atoms with van der Waals surface area (Å²) in [6.45, 7) is 2.30. The number of carbonyl (C=O) groups is 3. The van der Waals surface area contributed by atoms with E-state index in [9.17, 15) is 14.4 Å². The molecule has 0 saturated carbocycles. The smallest absolute Gasteiger partial charge is 0.338 e. The molecule has 0 saturated heterocycles. The van der Waals surface area contributed by atoms with Crippen LogP contribution in [0.1, 0.15) is 33.3 Å². The molecule has 170 valence electrons. The lowest BCUT2D eigenvalue weighted by molar-refractivity contribution is 0.0526. The predicted molar refractivity (Wildman–Crippen MR) is 122 cm³/mol. The number of pyridine rings is 1. The number of esters is 1. The van der Waals surface area contributed by atoms with E-state index >= 15 is 0 Å². The van der Waals surface area contributed by atoms with Gasteiger partial charge in [0.1, 0.15) is 17.2 Å². The van der Waals surface area contributed by atoms with Crippen LogP contribution in [0, 0.1) is 0 Å². The molecule has 0 fully saturated rings.